The summed E-state index contributed by atoms with van der Waals surface area (Å²) in [5.41, 5.74) is 0. The van der Waals surface area contributed by atoms with Crippen LogP contribution in [0.25, 0.3) is 0 Å². The maximum Gasteiger partial charge on any atom is 0.0172 e. The van der Waals surface area contributed by atoms with E-state index in [2.05, 4.69) is 11.5 Å². The zero-order valence-corrected chi connectivity index (χ0v) is 5.45. The van der Waals surface area contributed by atoms with Crippen LogP contribution in [0.5, 0.6) is 0 Å². The lowest BCUT2D eigenvalue weighted by molar-refractivity contribution is -0.176. The molecule has 3 nitrogen and oxygen atoms in total. The van der Waals surface area contributed by atoms with Gasteiger partial charge in [0, 0.05) is 13.1 Å². The highest BCUT2D eigenvalue weighted by molar-refractivity contribution is 4.75. The van der Waals surface area contributed by atoms with Crippen molar-refractivity contribution in [2.45, 2.75) is 12.8 Å². The zero-order valence-electron chi connectivity index (χ0n) is 5.45. The fraction of sp³-hybridized carbons (Fsp3) is 0.667. The van der Waals surface area contributed by atoms with Gasteiger partial charge in [-0.05, 0) is 19.0 Å². The van der Waals surface area contributed by atoms with Crippen molar-refractivity contribution in [3.63, 3.8) is 0 Å². The number of hydrogen-bond acceptors (Lipinski definition) is 3. The monoisotopic (exact) mass is 131 g/mol. The topological polar surface area (TPSA) is 43.7 Å². The Morgan fingerprint density at radius 2 is 1.67 bits per heavy atom. The Morgan fingerprint density at radius 3 is 1.89 bits per heavy atom. The second-order valence-corrected chi connectivity index (χ2v) is 1.93. The third kappa shape index (κ3) is 3.11. The van der Waals surface area contributed by atoms with Crippen molar-refractivity contribution in [3.8, 4) is 0 Å². The van der Waals surface area contributed by atoms with E-state index in [-0.39, 0.29) is 0 Å². The summed E-state index contributed by atoms with van der Waals surface area (Å²) in [4.78, 5) is 2.25. The summed E-state index contributed by atoms with van der Waals surface area (Å²) in [7, 11) is 0. The molecule has 0 aliphatic carbocycles. The van der Waals surface area contributed by atoms with Crippen molar-refractivity contribution in [3.05, 3.63) is 12.8 Å². The summed E-state index contributed by atoms with van der Waals surface area (Å²) in [6.45, 7) is 6.12. The fourth-order valence-electron chi connectivity index (χ4n) is 0.924. The smallest absolute Gasteiger partial charge is 0.0172 e. The number of likely N-dealkylation sites (tertiary alicyclic amines) is 1. The molecule has 9 heavy (non-hydrogen) atoms. The van der Waals surface area contributed by atoms with Crippen LogP contribution in [0.15, 0.2) is 12.8 Å². The molecule has 1 rings (SSSR count). The number of nitrogens with zero attached hydrogens (tertiary/aromatic N) is 1. The lowest BCUT2D eigenvalue weighted by Gasteiger charge is -2.07. The fourth-order valence-corrected chi connectivity index (χ4v) is 0.924. The lowest BCUT2D eigenvalue weighted by Crippen LogP contribution is -2.08. The molecule has 0 spiro atoms. The maximum absolute atomic E-state index is 6.00. The summed E-state index contributed by atoms with van der Waals surface area (Å²) in [6, 6.07) is 0. The first-order chi connectivity index (χ1) is 4.43. The summed E-state index contributed by atoms with van der Waals surface area (Å²) in [5.74, 6) is 0. The molecule has 0 bridgehead atoms. The highest BCUT2D eigenvalue weighted by Gasteiger charge is 2.04. The average Bonchev–Trinajstić information content (AvgIpc) is 2.43. The van der Waals surface area contributed by atoms with Crippen LogP contribution < -0.4 is 0 Å². The van der Waals surface area contributed by atoms with Crippen LogP contribution in [0.4, 0.5) is 0 Å². The molecule has 1 aliphatic rings. The molecule has 3 heteroatoms. The molecular weight excluding hydrogens is 118 g/mol. The average molecular weight is 131 g/mol. The van der Waals surface area contributed by atoms with Crippen LogP contribution in [0, 0.1) is 0 Å². The van der Waals surface area contributed by atoms with E-state index in [0.29, 0.717) is 0 Å². The Morgan fingerprint density at radius 1 is 1.22 bits per heavy atom. The van der Waals surface area contributed by atoms with Crippen LogP contribution >= 0.6 is 0 Å². The van der Waals surface area contributed by atoms with Crippen LogP contribution in [0.2, 0.25) is 0 Å². The molecule has 0 atom stereocenters. The Labute approximate surface area is 55.2 Å². The van der Waals surface area contributed by atoms with E-state index < -0.39 is 0 Å². The van der Waals surface area contributed by atoms with Crippen molar-refractivity contribution in [2.24, 2.45) is 0 Å². The largest absolute Gasteiger partial charge is 0.378 e. The summed E-state index contributed by atoms with van der Waals surface area (Å²) in [5, 5.41) is 12.0. The van der Waals surface area contributed by atoms with Crippen LogP contribution in [0.3, 0.4) is 0 Å². The Bertz CT molecular complexity index is 69.5. The minimum absolute atomic E-state index is 1.23. The van der Waals surface area contributed by atoms with Gasteiger partial charge in [-0.1, -0.05) is 6.58 Å². The van der Waals surface area contributed by atoms with E-state index in [4.69, 9.17) is 10.5 Å². The van der Waals surface area contributed by atoms with Gasteiger partial charge < -0.3 is 4.90 Å². The highest BCUT2D eigenvalue weighted by Crippen LogP contribution is 2.05. The first-order valence-corrected chi connectivity index (χ1v) is 3.00. The summed E-state index contributed by atoms with van der Waals surface area (Å²) in [6.07, 6.45) is 4.63. The molecule has 0 amide bonds. The van der Waals surface area contributed by atoms with E-state index in [1.807, 2.05) is 6.20 Å². The molecule has 2 N–H and O–H groups in total. The highest BCUT2D eigenvalue weighted by atomic mass is 17.0. The molecule has 1 fully saturated rings. The van der Waals surface area contributed by atoms with Gasteiger partial charge in [0.05, 0.1) is 0 Å². The quantitative estimate of drug-likeness (QED) is 0.415. The van der Waals surface area contributed by atoms with Gasteiger partial charge in [-0.3, -0.25) is 10.5 Å². The van der Waals surface area contributed by atoms with Gasteiger partial charge in [-0.15, -0.1) is 0 Å². The van der Waals surface area contributed by atoms with E-state index in [1.165, 1.54) is 25.9 Å². The Kier molecular flexibility index (Phi) is 5.26. The first kappa shape index (κ1) is 8.46. The van der Waals surface area contributed by atoms with E-state index in [0.717, 1.165) is 0 Å². The third-order valence-electron chi connectivity index (χ3n) is 1.40. The van der Waals surface area contributed by atoms with Crippen LogP contribution in [-0.2, 0) is 0 Å². The second-order valence-electron chi connectivity index (χ2n) is 1.93. The van der Waals surface area contributed by atoms with Crippen molar-refractivity contribution >= 4 is 0 Å². The molecule has 1 heterocycles. The van der Waals surface area contributed by atoms with Crippen LogP contribution in [-0.4, -0.2) is 28.5 Å². The van der Waals surface area contributed by atoms with Gasteiger partial charge in [0.2, 0.25) is 0 Å². The molecule has 0 saturated carbocycles. The predicted molar refractivity (Wildman–Crippen MR) is 36.3 cm³/mol. The minimum Gasteiger partial charge on any atom is -0.378 e. The number of rotatable bonds is 1. The molecule has 0 aromatic rings. The Hall–Kier alpha value is -0.540. The maximum atomic E-state index is 6.00. The molecule has 1 saturated heterocycles. The van der Waals surface area contributed by atoms with Gasteiger partial charge in [-0.2, -0.15) is 0 Å². The first-order valence-electron chi connectivity index (χ1n) is 3.00. The van der Waals surface area contributed by atoms with Crippen molar-refractivity contribution < 1.29 is 10.5 Å². The Balaban J connectivity index is 0.000000291. The van der Waals surface area contributed by atoms with Gasteiger partial charge in [0.1, 0.15) is 0 Å². The van der Waals surface area contributed by atoms with E-state index in [1.54, 1.807) is 0 Å². The number of hydrogen-bond donors (Lipinski definition) is 2. The third-order valence-corrected chi connectivity index (χ3v) is 1.40. The zero-order chi connectivity index (χ0) is 7.11. The molecule has 54 valence electrons. The molecule has 0 aromatic carbocycles. The van der Waals surface area contributed by atoms with E-state index in [9.17, 15) is 0 Å². The molecule has 1 aliphatic heterocycles. The molecule has 0 radical (unpaired) electrons. The van der Waals surface area contributed by atoms with Gasteiger partial charge >= 0.3 is 0 Å². The normalized spacial score (nSPS) is 16.4. The van der Waals surface area contributed by atoms with Crippen molar-refractivity contribution in [1.82, 2.24) is 4.90 Å². The van der Waals surface area contributed by atoms with Crippen LogP contribution in [0.1, 0.15) is 12.8 Å². The van der Waals surface area contributed by atoms with Gasteiger partial charge in [-0.25, -0.2) is 0 Å². The lowest BCUT2D eigenvalue weighted by atomic mass is 10.4. The minimum atomic E-state index is 1.23. The standard InChI is InChI=1S/C6H11N.H2O2/c1-2-7-5-3-4-6-7;1-2/h2H,1,3-6H2;1-2H. The molecular formula is C6H13NO2. The van der Waals surface area contributed by atoms with Crippen molar-refractivity contribution in [2.75, 3.05) is 13.1 Å². The second kappa shape index (κ2) is 5.59. The summed E-state index contributed by atoms with van der Waals surface area (Å²) >= 11 is 0. The van der Waals surface area contributed by atoms with E-state index >= 15 is 0 Å². The SMILES string of the molecule is C=CN1CCCC1.OO. The molecule has 0 unspecified atom stereocenters. The van der Waals surface area contributed by atoms with Gasteiger partial charge in [0.25, 0.3) is 0 Å². The molecule has 0 aromatic heterocycles. The summed E-state index contributed by atoms with van der Waals surface area (Å²) < 4.78 is 0. The predicted octanol–water partition coefficient (Wildman–Crippen LogP) is 1.24. The van der Waals surface area contributed by atoms with Crippen molar-refractivity contribution in [1.29, 1.82) is 0 Å². The van der Waals surface area contributed by atoms with Gasteiger partial charge in [0.15, 0.2) is 0 Å².